The van der Waals surface area contributed by atoms with Gasteiger partial charge in [-0.25, -0.2) is 0 Å². The van der Waals surface area contributed by atoms with Gasteiger partial charge >= 0.3 is 0 Å². The first kappa shape index (κ1) is 19.9. The van der Waals surface area contributed by atoms with Gasteiger partial charge in [-0.05, 0) is 17.4 Å². The molecule has 1 aromatic heterocycles. The minimum absolute atomic E-state index is 0.00941. The van der Waals surface area contributed by atoms with E-state index in [1.165, 1.54) is 11.3 Å². The topological polar surface area (TPSA) is 70.7 Å². The average Bonchev–Trinajstić information content (AvgIpc) is 3.18. The number of hydrogen-bond donors (Lipinski definition) is 2. The quantitative estimate of drug-likeness (QED) is 0.697. The van der Waals surface area contributed by atoms with Crippen LogP contribution in [0.25, 0.3) is 0 Å². The van der Waals surface area contributed by atoms with Crippen LogP contribution in [0.15, 0.2) is 17.5 Å². The van der Waals surface area contributed by atoms with E-state index in [1.807, 2.05) is 11.4 Å². The first-order valence-electron chi connectivity index (χ1n) is 9.05. The molecular weight excluding hydrogens is 338 g/mol. The van der Waals surface area contributed by atoms with E-state index in [1.54, 1.807) is 6.07 Å². The second kappa shape index (κ2) is 10.5. The molecule has 1 saturated heterocycles. The monoisotopic (exact) mass is 367 g/mol. The molecule has 2 heterocycles. The molecule has 2 rings (SSSR count). The predicted molar refractivity (Wildman–Crippen MR) is 99.9 cm³/mol. The maximum atomic E-state index is 12.1. The Hall–Kier alpha value is -1.44. The van der Waals surface area contributed by atoms with Crippen molar-refractivity contribution in [3.8, 4) is 0 Å². The van der Waals surface area contributed by atoms with Crippen LogP contribution in [0.1, 0.15) is 36.4 Å². The summed E-state index contributed by atoms with van der Waals surface area (Å²) in [6.45, 7) is 8.34. The second-order valence-corrected chi connectivity index (χ2v) is 7.20. The Labute approximate surface area is 153 Å². The summed E-state index contributed by atoms with van der Waals surface area (Å²) in [4.78, 5) is 27.1. The third-order valence-electron chi connectivity index (χ3n) is 4.77. The summed E-state index contributed by atoms with van der Waals surface area (Å²) >= 11 is 1.37. The molecule has 1 aromatic rings. The highest BCUT2D eigenvalue weighted by atomic mass is 32.1. The normalized spacial score (nSPS) is 16.6. The van der Waals surface area contributed by atoms with Crippen LogP contribution in [0.5, 0.6) is 0 Å². The molecule has 1 aliphatic rings. The maximum absolute atomic E-state index is 12.1. The minimum atomic E-state index is -0.199. The smallest absolute Gasteiger partial charge is 0.261 e. The van der Waals surface area contributed by atoms with Crippen molar-refractivity contribution in [1.82, 2.24) is 15.5 Å². The Bertz CT molecular complexity index is 526. The highest BCUT2D eigenvalue weighted by molar-refractivity contribution is 7.12. The van der Waals surface area contributed by atoms with E-state index in [0.717, 1.165) is 39.1 Å². The zero-order valence-corrected chi connectivity index (χ0v) is 15.9. The predicted octanol–water partition coefficient (Wildman–Crippen LogP) is 1.73. The molecule has 1 atom stereocenters. The fourth-order valence-corrected chi connectivity index (χ4v) is 3.91. The molecule has 6 nitrogen and oxygen atoms in total. The zero-order chi connectivity index (χ0) is 18.1. The van der Waals surface area contributed by atoms with Gasteiger partial charge < -0.3 is 15.4 Å². The lowest BCUT2D eigenvalue weighted by Gasteiger charge is -2.38. The van der Waals surface area contributed by atoms with Crippen LogP contribution in [0, 0.1) is 5.92 Å². The lowest BCUT2D eigenvalue weighted by molar-refractivity contribution is -0.120. The molecule has 1 aliphatic heterocycles. The number of nitrogens with zero attached hydrogens (tertiary/aromatic N) is 1. The number of carbonyl (C=O) groups excluding carboxylic acids is 2. The van der Waals surface area contributed by atoms with Crippen molar-refractivity contribution in [2.75, 3.05) is 39.4 Å². The van der Waals surface area contributed by atoms with Gasteiger partial charge in [0.15, 0.2) is 0 Å². The number of ether oxygens (including phenoxy) is 1. The standard InChI is InChI=1S/C18H29N3O3S/c1-3-14(4-2)15(21-7-9-24-10-8-21)12-19-17(22)13-20-18(23)16-6-5-11-25-16/h5-6,11,14-15H,3-4,7-10,12-13H2,1-2H3,(H,19,22)(H,20,23). The van der Waals surface area contributed by atoms with Gasteiger partial charge in [0.1, 0.15) is 0 Å². The van der Waals surface area contributed by atoms with Gasteiger partial charge in [0.05, 0.1) is 24.6 Å². The van der Waals surface area contributed by atoms with Gasteiger partial charge in [-0.1, -0.05) is 32.8 Å². The summed E-state index contributed by atoms with van der Waals surface area (Å²) in [7, 11) is 0. The molecule has 0 bridgehead atoms. The maximum Gasteiger partial charge on any atom is 0.261 e. The summed E-state index contributed by atoms with van der Waals surface area (Å²) < 4.78 is 5.45. The van der Waals surface area contributed by atoms with Crippen molar-refractivity contribution in [2.45, 2.75) is 32.7 Å². The zero-order valence-electron chi connectivity index (χ0n) is 15.1. The SMILES string of the molecule is CCC(CC)C(CNC(=O)CNC(=O)c1cccs1)N1CCOCC1. The van der Waals surface area contributed by atoms with Crippen LogP contribution in [-0.2, 0) is 9.53 Å². The van der Waals surface area contributed by atoms with E-state index in [2.05, 4.69) is 29.4 Å². The Morgan fingerprint density at radius 1 is 1.24 bits per heavy atom. The minimum Gasteiger partial charge on any atom is -0.379 e. The van der Waals surface area contributed by atoms with E-state index >= 15 is 0 Å². The number of amides is 2. The van der Waals surface area contributed by atoms with Gasteiger partial charge in [0.25, 0.3) is 5.91 Å². The fourth-order valence-electron chi connectivity index (χ4n) is 3.27. The number of thiophene rings is 1. The molecule has 7 heteroatoms. The third-order valence-corrected chi connectivity index (χ3v) is 5.64. The van der Waals surface area contributed by atoms with Crippen LogP contribution in [0.2, 0.25) is 0 Å². The van der Waals surface area contributed by atoms with Gasteiger partial charge in [-0.3, -0.25) is 14.5 Å². The van der Waals surface area contributed by atoms with Crippen LogP contribution >= 0.6 is 11.3 Å². The molecule has 0 aliphatic carbocycles. The Morgan fingerprint density at radius 2 is 1.96 bits per heavy atom. The molecule has 25 heavy (non-hydrogen) atoms. The van der Waals surface area contributed by atoms with Gasteiger partial charge in [0, 0.05) is 25.7 Å². The van der Waals surface area contributed by atoms with Crippen molar-refractivity contribution in [3.63, 3.8) is 0 Å². The molecule has 0 saturated carbocycles. The lowest BCUT2D eigenvalue weighted by atomic mass is 9.92. The molecule has 1 unspecified atom stereocenters. The second-order valence-electron chi connectivity index (χ2n) is 6.26. The Morgan fingerprint density at radius 3 is 2.56 bits per heavy atom. The highest BCUT2D eigenvalue weighted by Gasteiger charge is 2.27. The third kappa shape index (κ3) is 6.09. The van der Waals surface area contributed by atoms with Crippen molar-refractivity contribution in [3.05, 3.63) is 22.4 Å². The largest absolute Gasteiger partial charge is 0.379 e. The highest BCUT2D eigenvalue weighted by Crippen LogP contribution is 2.19. The van der Waals surface area contributed by atoms with Crippen LogP contribution in [0.3, 0.4) is 0 Å². The number of rotatable bonds is 9. The average molecular weight is 368 g/mol. The molecule has 1 fully saturated rings. The van der Waals surface area contributed by atoms with E-state index < -0.39 is 0 Å². The van der Waals surface area contributed by atoms with E-state index in [9.17, 15) is 9.59 Å². The summed E-state index contributed by atoms with van der Waals surface area (Å²) in [5.74, 6) is 0.197. The van der Waals surface area contributed by atoms with Gasteiger partial charge in [-0.15, -0.1) is 11.3 Å². The summed E-state index contributed by atoms with van der Waals surface area (Å²) in [6, 6.07) is 3.89. The molecule has 0 spiro atoms. The van der Waals surface area contributed by atoms with Gasteiger partial charge in [-0.2, -0.15) is 0 Å². The van der Waals surface area contributed by atoms with Crippen molar-refractivity contribution < 1.29 is 14.3 Å². The van der Waals surface area contributed by atoms with E-state index in [-0.39, 0.29) is 18.4 Å². The van der Waals surface area contributed by atoms with Crippen LogP contribution < -0.4 is 10.6 Å². The number of carbonyl (C=O) groups is 2. The number of nitrogens with one attached hydrogen (secondary N) is 2. The molecule has 2 amide bonds. The van der Waals surface area contributed by atoms with Crippen LogP contribution in [0.4, 0.5) is 0 Å². The molecule has 0 aromatic carbocycles. The van der Waals surface area contributed by atoms with Crippen molar-refractivity contribution in [2.24, 2.45) is 5.92 Å². The molecule has 0 radical (unpaired) electrons. The van der Waals surface area contributed by atoms with Crippen LogP contribution in [-0.4, -0.2) is 62.1 Å². The van der Waals surface area contributed by atoms with Gasteiger partial charge in [0.2, 0.25) is 5.91 Å². The van der Waals surface area contributed by atoms with Crippen molar-refractivity contribution >= 4 is 23.2 Å². The molecular formula is C18H29N3O3S. The Balaban J connectivity index is 1.81. The first-order valence-corrected chi connectivity index (χ1v) is 9.93. The molecule has 140 valence electrons. The lowest BCUT2D eigenvalue weighted by Crippen LogP contribution is -2.52. The molecule has 2 N–H and O–H groups in total. The van der Waals surface area contributed by atoms with Crippen molar-refractivity contribution in [1.29, 1.82) is 0 Å². The summed E-state index contributed by atoms with van der Waals surface area (Å²) in [5, 5.41) is 7.51. The number of hydrogen-bond acceptors (Lipinski definition) is 5. The fraction of sp³-hybridized carbons (Fsp3) is 0.667. The Kier molecular flexibility index (Phi) is 8.37. The summed E-state index contributed by atoms with van der Waals surface area (Å²) in [5.41, 5.74) is 0. The number of morpholine rings is 1. The summed E-state index contributed by atoms with van der Waals surface area (Å²) in [6.07, 6.45) is 2.17. The van der Waals surface area contributed by atoms with E-state index in [0.29, 0.717) is 23.4 Å². The van der Waals surface area contributed by atoms with E-state index in [4.69, 9.17) is 4.74 Å². The first-order chi connectivity index (χ1) is 12.2.